The third-order valence-corrected chi connectivity index (χ3v) is 9.38. The Morgan fingerprint density at radius 3 is 2.58 bits per heavy atom. The molecule has 3 aromatic carbocycles. The number of carbonyl (C=O) groups is 1. The van der Waals surface area contributed by atoms with Crippen LogP contribution in [-0.2, 0) is 17.7 Å². The molecule has 1 amide bonds. The molecule has 8 heteroatoms. The Balaban J connectivity index is 1.27. The summed E-state index contributed by atoms with van der Waals surface area (Å²) in [4.78, 5) is 26.9. The predicted molar refractivity (Wildman–Crippen MR) is 165 cm³/mol. The largest absolute Gasteiger partial charge is 0.385 e. The maximum atomic E-state index is 13.7. The Morgan fingerprint density at radius 2 is 1.75 bits per heavy atom. The van der Waals surface area contributed by atoms with Crippen LogP contribution in [0.1, 0.15) is 40.2 Å². The first-order valence-electron chi connectivity index (χ1n) is 13.7. The van der Waals surface area contributed by atoms with Crippen molar-refractivity contribution in [3.05, 3.63) is 88.9 Å². The second kappa shape index (κ2) is 12.4. The summed E-state index contributed by atoms with van der Waals surface area (Å²) in [6.07, 6.45) is 4.14. The minimum atomic E-state index is -0.202. The van der Waals surface area contributed by atoms with E-state index in [1.807, 2.05) is 54.6 Å². The number of hydrogen-bond acceptors (Lipinski definition) is 7. The molecule has 0 aliphatic carbocycles. The van der Waals surface area contributed by atoms with E-state index in [0.29, 0.717) is 12.3 Å². The van der Waals surface area contributed by atoms with Crippen LogP contribution in [0.25, 0.3) is 31.4 Å². The van der Waals surface area contributed by atoms with Gasteiger partial charge in [0.25, 0.3) is 5.91 Å². The molecule has 40 heavy (non-hydrogen) atoms. The third-order valence-electron chi connectivity index (χ3n) is 7.15. The molecule has 0 saturated carbocycles. The summed E-state index contributed by atoms with van der Waals surface area (Å²) in [6.45, 7) is 3.96. The van der Waals surface area contributed by atoms with Crippen molar-refractivity contribution in [2.75, 3.05) is 32.1 Å². The quantitative estimate of drug-likeness (QED) is 0.177. The summed E-state index contributed by atoms with van der Waals surface area (Å²) in [5, 5.41) is 4.90. The minimum absolute atomic E-state index is 0.202. The molecule has 1 N–H and O–H groups in total. The smallest absolute Gasteiger partial charge is 0.275 e. The number of fused-ring (bicyclic) bond motifs is 1. The highest BCUT2D eigenvalue weighted by atomic mass is 32.1. The van der Waals surface area contributed by atoms with Gasteiger partial charge in [0.1, 0.15) is 15.7 Å². The fraction of sp³-hybridized carbons (Fsp3) is 0.281. The van der Waals surface area contributed by atoms with Gasteiger partial charge in [-0.05, 0) is 68.6 Å². The number of rotatable bonds is 10. The Bertz CT molecular complexity index is 1610. The number of amides is 1. The lowest BCUT2D eigenvalue weighted by Gasteiger charge is -2.14. The summed E-state index contributed by atoms with van der Waals surface area (Å²) in [5.41, 5.74) is 5.44. The average Bonchev–Trinajstić information content (AvgIpc) is 3.74. The monoisotopic (exact) mass is 568 g/mol. The van der Waals surface area contributed by atoms with Crippen LogP contribution in [0.15, 0.2) is 72.8 Å². The van der Waals surface area contributed by atoms with E-state index < -0.39 is 0 Å². The topological polar surface area (TPSA) is 67.3 Å². The molecule has 6 rings (SSSR count). The zero-order chi connectivity index (χ0) is 27.3. The van der Waals surface area contributed by atoms with Crippen molar-refractivity contribution in [2.45, 2.75) is 32.2 Å². The fourth-order valence-corrected chi connectivity index (χ4v) is 7.22. The molecule has 0 radical (unpaired) electrons. The van der Waals surface area contributed by atoms with Crippen molar-refractivity contribution in [1.82, 2.24) is 14.9 Å². The minimum Gasteiger partial charge on any atom is -0.385 e. The van der Waals surface area contributed by atoms with Gasteiger partial charge in [0.2, 0.25) is 0 Å². The van der Waals surface area contributed by atoms with Crippen LogP contribution >= 0.6 is 22.7 Å². The van der Waals surface area contributed by atoms with Crippen LogP contribution < -0.4 is 5.32 Å². The van der Waals surface area contributed by atoms with Crippen molar-refractivity contribution in [1.29, 1.82) is 0 Å². The number of nitrogens with one attached hydrogen (secondary N) is 1. The van der Waals surface area contributed by atoms with Gasteiger partial charge in [0.05, 0.1) is 15.9 Å². The third kappa shape index (κ3) is 6.00. The molecule has 1 aliphatic heterocycles. The summed E-state index contributed by atoms with van der Waals surface area (Å²) in [5.74, 6) is -0.202. The number of para-hydroxylation sites is 1. The number of carbonyl (C=O) groups excluding carboxylic acids is 1. The number of ether oxygens (including phenoxy) is 1. The number of likely N-dealkylation sites (tertiary alicyclic amines) is 1. The molecular weight excluding hydrogens is 537 g/mol. The maximum Gasteiger partial charge on any atom is 0.275 e. The van der Waals surface area contributed by atoms with Crippen molar-refractivity contribution in [2.24, 2.45) is 0 Å². The van der Waals surface area contributed by atoms with Crippen LogP contribution in [0.2, 0.25) is 0 Å². The Hall–Kier alpha value is -3.43. The average molecular weight is 569 g/mol. The normalized spacial score (nSPS) is 13.7. The standard InChI is InChI=1S/C32H32N4O2S2/c1-38-19-9-14-28-29(35-31(40-28)23-10-3-2-4-11-23)30(37)33-25-13-6-5-12-24(25)32-34-26-20-22(15-16-27(26)39-32)21-36-17-7-8-18-36/h2-6,10-13,15-16,20H,7-9,14,17-19,21H2,1H3,(H,33,37). The number of aromatic nitrogens is 2. The Kier molecular flexibility index (Phi) is 8.29. The van der Waals surface area contributed by atoms with Gasteiger partial charge in [-0.1, -0.05) is 48.5 Å². The van der Waals surface area contributed by atoms with Gasteiger partial charge in [-0.25, -0.2) is 9.97 Å². The van der Waals surface area contributed by atoms with Crippen molar-refractivity contribution in [3.8, 4) is 21.1 Å². The van der Waals surface area contributed by atoms with Gasteiger partial charge in [-0.2, -0.15) is 0 Å². The van der Waals surface area contributed by atoms with Gasteiger partial charge < -0.3 is 10.1 Å². The highest BCUT2D eigenvalue weighted by Gasteiger charge is 2.21. The van der Waals surface area contributed by atoms with Crippen LogP contribution in [-0.4, -0.2) is 47.6 Å². The van der Waals surface area contributed by atoms with E-state index >= 15 is 0 Å². The van der Waals surface area contributed by atoms with Crippen LogP contribution in [0.5, 0.6) is 0 Å². The first-order chi connectivity index (χ1) is 19.7. The van der Waals surface area contributed by atoms with E-state index in [-0.39, 0.29) is 5.91 Å². The van der Waals surface area contributed by atoms with Crippen LogP contribution in [0.4, 0.5) is 5.69 Å². The molecule has 1 fully saturated rings. The number of anilines is 1. The fourth-order valence-electron chi connectivity index (χ4n) is 5.13. The SMILES string of the molecule is COCCCc1sc(-c2ccccc2)nc1C(=O)Nc1ccccc1-c1nc2cc(CN3CCCC3)ccc2s1. The maximum absolute atomic E-state index is 13.7. The summed E-state index contributed by atoms with van der Waals surface area (Å²) in [7, 11) is 1.70. The number of hydrogen-bond donors (Lipinski definition) is 1. The molecule has 3 heterocycles. The summed E-state index contributed by atoms with van der Waals surface area (Å²) in [6, 6.07) is 24.5. The van der Waals surface area contributed by atoms with Crippen molar-refractivity contribution < 1.29 is 9.53 Å². The van der Waals surface area contributed by atoms with Crippen molar-refractivity contribution in [3.63, 3.8) is 0 Å². The molecule has 1 aliphatic rings. The first-order valence-corrected chi connectivity index (χ1v) is 15.4. The predicted octanol–water partition coefficient (Wildman–Crippen LogP) is 7.51. The van der Waals surface area contributed by atoms with Gasteiger partial charge in [-0.15, -0.1) is 22.7 Å². The van der Waals surface area contributed by atoms with Crippen LogP contribution in [0, 0.1) is 0 Å². The van der Waals surface area contributed by atoms with Gasteiger partial charge in [0, 0.05) is 36.3 Å². The Morgan fingerprint density at radius 1 is 0.950 bits per heavy atom. The lowest BCUT2D eigenvalue weighted by atomic mass is 10.1. The lowest BCUT2D eigenvalue weighted by molar-refractivity contribution is 0.102. The molecule has 204 valence electrons. The van der Waals surface area contributed by atoms with Gasteiger partial charge >= 0.3 is 0 Å². The van der Waals surface area contributed by atoms with E-state index in [1.54, 1.807) is 29.8 Å². The Labute approximate surface area is 242 Å². The highest BCUT2D eigenvalue weighted by molar-refractivity contribution is 7.21. The van der Waals surface area contributed by atoms with Crippen molar-refractivity contribution >= 4 is 44.5 Å². The van der Waals surface area contributed by atoms with E-state index in [0.717, 1.165) is 61.3 Å². The van der Waals surface area contributed by atoms with Crippen LogP contribution in [0.3, 0.4) is 0 Å². The molecule has 5 aromatic rings. The van der Waals surface area contributed by atoms with E-state index in [4.69, 9.17) is 14.7 Å². The number of thiazole rings is 2. The molecular formula is C32H32N4O2S2. The molecule has 0 spiro atoms. The highest BCUT2D eigenvalue weighted by Crippen LogP contribution is 2.36. The second-order valence-corrected chi connectivity index (χ2v) is 12.2. The number of nitrogens with zero attached hydrogens (tertiary/aromatic N) is 3. The molecule has 0 atom stereocenters. The number of aryl methyl sites for hydroxylation is 1. The molecule has 0 unspecified atom stereocenters. The molecule has 0 bridgehead atoms. The van der Waals surface area contributed by atoms with Gasteiger partial charge in [-0.3, -0.25) is 9.69 Å². The van der Waals surface area contributed by atoms with E-state index in [1.165, 1.54) is 31.5 Å². The second-order valence-electron chi connectivity index (χ2n) is 10.1. The van der Waals surface area contributed by atoms with Gasteiger partial charge in [0.15, 0.2) is 0 Å². The molecule has 6 nitrogen and oxygen atoms in total. The summed E-state index contributed by atoms with van der Waals surface area (Å²) >= 11 is 3.23. The number of methoxy groups -OCH3 is 1. The number of benzene rings is 3. The zero-order valence-corrected chi connectivity index (χ0v) is 24.2. The van der Waals surface area contributed by atoms with E-state index in [9.17, 15) is 4.79 Å². The van der Waals surface area contributed by atoms with E-state index in [2.05, 4.69) is 28.4 Å². The first kappa shape index (κ1) is 26.8. The zero-order valence-electron chi connectivity index (χ0n) is 22.6. The lowest BCUT2D eigenvalue weighted by Crippen LogP contribution is -2.18. The molecule has 1 saturated heterocycles. The molecule has 2 aromatic heterocycles. The summed E-state index contributed by atoms with van der Waals surface area (Å²) < 4.78 is 6.40.